The molecule has 0 spiro atoms. The van der Waals surface area contributed by atoms with E-state index in [0.29, 0.717) is 0 Å². The van der Waals surface area contributed by atoms with E-state index in [4.69, 9.17) is 0 Å². The van der Waals surface area contributed by atoms with Crippen LogP contribution in [0, 0.1) is 0 Å². The first-order chi connectivity index (χ1) is 14.4. The quantitative estimate of drug-likeness (QED) is 0.412. The summed E-state index contributed by atoms with van der Waals surface area (Å²) in [5.41, 5.74) is 5.09. The topological polar surface area (TPSA) is 58.0 Å². The van der Waals surface area contributed by atoms with Gasteiger partial charge in [-0.2, -0.15) is 0 Å². The predicted molar refractivity (Wildman–Crippen MR) is 118 cm³/mol. The Morgan fingerprint density at radius 3 is 2.79 bits per heavy atom. The number of hydrogen-bond donors (Lipinski definition) is 2. The maximum atomic E-state index is 4.68. The van der Waals surface area contributed by atoms with E-state index in [9.17, 15) is 0 Å². The van der Waals surface area contributed by atoms with Crippen LogP contribution >= 0.6 is 0 Å². The maximum absolute atomic E-state index is 4.68. The molecule has 3 heterocycles. The average molecular weight is 375 g/mol. The van der Waals surface area contributed by atoms with E-state index in [0.717, 1.165) is 39.3 Å². The Kier molecular flexibility index (Phi) is 3.40. The number of nitrogens with one attached hydrogen (secondary N) is 2. The van der Waals surface area contributed by atoms with Crippen molar-refractivity contribution in [2.45, 2.75) is 0 Å². The van der Waals surface area contributed by atoms with Gasteiger partial charge in [0.05, 0.1) is 11.9 Å². The summed E-state index contributed by atoms with van der Waals surface area (Å²) in [4.78, 5) is 12.4. The van der Waals surface area contributed by atoms with Crippen molar-refractivity contribution in [1.82, 2.24) is 19.4 Å². The Morgan fingerprint density at radius 1 is 0.862 bits per heavy atom. The molecule has 0 saturated carbocycles. The lowest BCUT2D eigenvalue weighted by Crippen LogP contribution is -1.98. The Labute approximate surface area is 166 Å². The predicted octanol–water partition coefficient (Wildman–Crippen LogP) is 5.77. The average Bonchev–Trinajstić information content (AvgIpc) is 3.40. The molecule has 0 fully saturated rings. The van der Waals surface area contributed by atoms with Crippen LogP contribution < -0.4 is 5.32 Å². The van der Waals surface area contributed by atoms with E-state index < -0.39 is 0 Å². The smallest absolute Gasteiger partial charge is 0.180 e. The summed E-state index contributed by atoms with van der Waals surface area (Å²) < 4.78 is 2.09. The summed E-state index contributed by atoms with van der Waals surface area (Å²) in [6.45, 7) is 0. The van der Waals surface area contributed by atoms with Crippen molar-refractivity contribution >= 4 is 38.8 Å². The van der Waals surface area contributed by atoms with Gasteiger partial charge in [-0.25, -0.2) is 9.97 Å². The van der Waals surface area contributed by atoms with Gasteiger partial charge >= 0.3 is 0 Å². The Hall–Kier alpha value is -4.12. The number of fused-ring (bicyclic) bond motifs is 3. The van der Waals surface area contributed by atoms with E-state index >= 15 is 0 Å². The SMILES string of the molecule is c1ccc2c(-c3cnc4c(Nc5ccc6[nH]ccc6c5)nccn34)cccc2c1. The van der Waals surface area contributed by atoms with Gasteiger partial charge in [0.25, 0.3) is 0 Å². The second kappa shape index (κ2) is 6.21. The number of anilines is 2. The molecule has 5 nitrogen and oxygen atoms in total. The van der Waals surface area contributed by atoms with E-state index in [1.54, 1.807) is 6.20 Å². The Morgan fingerprint density at radius 2 is 1.79 bits per heavy atom. The molecule has 0 aliphatic rings. The molecule has 0 unspecified atom stereocenters. The highest BCUT2D eigenvalue weighted by Crippen LogP contribution is 2.31. The zero-order valence-electron chi connectivity index (χ0n) is 15.5. The number of hydrogen-bond acceptors (Lipinski definition) is 3. The number of nitrogens with zero attached hydrogens (tertiary/aromatic N) is 3. The number of rotatable bonds is 3. The fraction of sp³-hybridized carbons (Fsp3) is 0. The summed E-state index contributed by atoms with van der Waals surface area (Å²) >= 11 is 0. The van der Waals surface area contributed by atoms with Crippen LogP contribution in [0.1, 0.15) is 0 Å². The van der Waals surface area contributed by atoms with Gasteiger partial charge in [-0.1, -0.05) is 42.5 Å². The van der Waals surface area contributed by atoms with Gasteiger partial charge < -0.3 is 10.3 Å². The van der Waals surface area contributed by atoms with Crippen LogP contribution in [0.5, 0.6) is 0 Å². The van der Waals surface area contributed by atoms with Crippen molar-refractivity contribution in [1.29, 1.82) is 0 Å². The van der Waals surface area contributed by atoms with Gasteiger partial charge in [-0.3, -0.25) is 4.40 Å². The van der Waals surface area contributed by atoms with Crippen LogP contribution in [-0.4, -0.2) is 19.4 Å². The highest BCUT2D eigenvalue weighted by molar-refractivity contribution is 5.96. The third kappa shape index (κ3) is 2.56. The first-order valence-electron chi connectivity index (χ1n) is 9.51. The molecule has 0 aliphatic carbocycles. The van der Waals surface area contributed by atoms with Gasteiger partial charge in [-0.15, -0.1) is 0 Å². The fourth-order valence-corrected chi connectivity index (χ4v) is 3.92. The van der Waals surface area contributed by atoms with Crippen LogP contribution in [0.3, 0.4) is 0 Å². The number of aromatic nitrogens is 4. The van der Waals surface area contributed by atoms with Gasteiger partial charge in [-0.05, 0) is 35.0 Å². The normalized spacial score (nSPS) is 11.4. The summed E-state index contributed by atoms with van der Waals surface area (Å²) in [5.74, 6) is 0.730. The molecule has 3 aromatic carbocycles. The molecule has 2 N–H and O–H groups in total. The number of aromatic amines is 1. The molecular weight excluding hydrogens is 358 g/mol. The maximum Gasteiger partial charge on any atom is 0.180 e. The minimum Gasteiger partial charge on any atom is -0.361 e. The fourth-order valence-electron chi connectivity index (χ4n) is 3.92. The van der Waals surface area contributed by atoms with Crippen molar-refractivity contribution in [2.75, 3.05) is 5.32 Å². The standard InChI is InChI=1S/C24H17N5/c1-2-6-19-16(4-1)5-3-7-20(19)22-15-27-24-23(26-12-13-29(22)24)28-18-8-9-21-17(14-18)10-11-25-21/h1-15,25H,(H,26,28). The van der Waals surface area contributed by atoms with E-state index in [2.05, 4.69) is 85.3 Å². The zero-order chi connectivity index (χ0) is 19.2. The zero-order valence-corrected chi connectivity index (χ0v) is 15.5. The van der Waals surface area contributed by atoms with Crippen molar-refractivity contribution < 1.29 is 0 Å². The van der Waals surface area contributed by atoms with Crippen molar-refractivity contribution in [3.63, 3.8) is 0 Å². The van der Waals surface area contributed by atoms with Crippen LogP contribution in [0.4, 0.5) is 11.5 Å². The van der Waals surface area contributed by atoms with E-state index in [-0.39, 0.29) is 0 Å². The molecule has 3 aromatic heterocycles. The molecule has 6 rings (SSSR count). The van der Waals surface area contributed by atoms with Gasteiger partial charge in [0, 0.05) is 40.7 Å². The highest BCUT2D eigenvalue weighted by atomic mass is 15.1. The summed E-state index contributed by atoms with van der Waals surface area (Å²) in [7, 11) is 0. The lowest BCUT2D eigenvalue weighted by molar-refractivity contribution is 1.13. The van der Waals surface area contributed by atoms with Crippen LogP contribution in [0.15, 0.2) is 91.5 Å². The molecule has 6 aromatic rings. The van der Waals surface area contributed by atoms with Crippen molar-refractivity contribution in [2.24, 2.45) is 0 Å². The van der Waals surface area contributed by atoms with Crippen molar-refractivity contribution in [3.05, 3.63) is 91.5 Å². The van der Waals surface area contributed by atoms with Gasteiger partial charge in [0.2, 0.25) is 0 Å². The van der Waals surface area contributed by atoms with E-state index in [1.165, 1.54) is 10.8 Å². The second-order valence-electron chi connectivity index (χ2n) is 7.04. The molecule has 5 heteroatoms. The second-order valence-corrected chi connectivity index (χ2v) is 7.04. The van der Waals surface area contributed by atoms with Crippen molar-refractivity contribution in [3.8, 4) is 11.3 Å². The Balaban J connectivity index is 1.48. The molecule has 138 valence electrons. The largest absolute Gasteiger partial charge is 0.361 e. The number of imidazole rings is 1. The molecule has 0 atom stereocenters. The number of benzene rings is 3. The van der Waals surface area contributed by atoms with Gasteiger partial charge in [0.1, 0.15) is 0 Å². The molecule has 0 bridgehead atoms. The van der Waals surface area contributed by atoms with Gasteiger partial charge in [0.15, 0.2) is 11.5 Å². The number of H-pyrrole nitrogens is 1. The first kappa shape index (κ1) is 15.9. The lowest BCUT2D eigenvalue weighted by Gasteiger charge is -2.09. The minimum atomic E-state index is 0.730. The summed E-state index contributed by atoms with van der Waals surface area (Å²) in [6, 6.07) is 23.0. The van der Waals surface area contributed by atoms with Crippen LogP contribution in [0.25, 0.3) is 38.6 Å². The minimum absolute atomic E-state index is 0.730. The van der Waals surface area contributed by atoms with Crippen LogP contribution in [-0.2, 0) is 0 Å². The summed E-state index contributed by atoms with van der Waals surface area (Å²) in [6.07, 6.45) is 7.62. The highest BCUT2D eigenvalue weighted by Gasteiger charge is 2.12. The molecule has 0 radical (unpaired) electrons. The molecule has 0 aliphatic heterocycles. The Bertz CT molecular complexity index is 1490. The molecular formula is C24H17N5. The third-order valence-electron chi connectivity index (χ3n) is 5.31. The first-order valence-corrected chi connectivity index (χ1v) is 9.51. The van der Waals surface area contributed by atoms with E-state index in [1.807, 2.05) is 24.7 Å². The summed E-state index contributed by atoms with van der Waals surface area (Å²) in [5, 5.41) is 7.00. The molecule has 29 heavy (non-hydrogen) atoms. The third-order valence-corrected chi connectivity index (χ3v) is 5.31. The molecule has 0 amide bonds. The lowest BCUT2D eigenvalue weighted by atomic mass is 10.0. The molecule has 0 saturated heterocycles. The van der Waals surface area contributed by atoms with Crippen LogP contribution in [0.2, 0.25) is 0 Å². The monoisotopic (exact) mass is 375 g/mol.